The second-order valence-corrected chi connectivity index (χ2v) is 6.71. The van der Waals surface area contributed by atoms with Gasteiger partial charge in [-0.2, -0.15) is 0 Å². The minimum Gasteiger partial charge on any atom is -0.497 e. The molecule has 1 unspecified atom stereocenters. The smallest absolute Gasteiger partial charge is 0.252 e. The number of nitrogens with one attached hydrogen (secondary N) is 1. The van der Waals surface area contributed by atoms with Crippen LogP contribution in [-0.2, 0) is 11.2 Å². The van der Waals surface area contributed by atoms with Crippen molar-refractivity contribution in [2.24, 2.45) is 5.92 Å². The van der Waals surface area contributed by atoms with E-state index in [1.165, 1.54) is 0 Å². The molecule has 4 heteroatoms. The third kappa shape index (κ3) is 3.43. The fourth-order valence-electron chi connectivity index (χ4n) is 3.38. The standard InChI is InChI=1S/C18H25NO3/c1-22-15-6-4-5-13(11-15)12-16(14-7-8-14)19-17(20)18(21)9-2-3-10-18/h4-6,11,14,16,21H,2-3,7-10,12H2,1H3,(H,19,20). The van der Waals surface area contributed by atoms with Gasteiger partial charge in [-0.25, -0.2) is 0 Å². The Morgan fingerprint density at radius 1 is 1.41 bits per heavy atom. The molecular weight excluding hydrogens is 278 g/mol. The van der Waals surface area contributed by atoms with Crippen molar-refractivity contribution in [3.63, 3.8) is 0 Å². The second-order valence-electron chi connectivity index (χ2n) is 6.71. The molecule has 0 aromatic heterocycles. The summed E-state index contributed by atoms with van der Waals surface area (Å²) in [6.45, 7) is 0. The lowest BCUT2D eigenvalue weighted by Crippen LogP contribution is -2.50. The Morgan fingerprint density at radius 3 is 2.77 bits per heavy atom. The normalized spacial score (nSPS) is 21.4. The van der Waals surface area contributed by atoms with E-state index < -0.39 is 5.60 Å². The highest BCUT2D eigenvalue weighted by molar-refractivity contribution is 5.85. The van der Waals surface area contributed by atoms with Crippen LogP contribution in [0.5, 0.6) is 5.75 Å². The highest BCUT2D eigenvalue weighted by Gasteiger charge is 2.41. The summed E-state index contributed by atoms with van der Waals surface area (Å²) >= 11 is 0. The zero-order valence-corrected chi connectivity index (χ0v) is 13.2. The highest BCUT2D eigenvalue weighted by Crippen LogP contribution is 2.36. The number of ether oxygens (including phenoxy) is 1. The Balaban J connectivity index is 1.66. The molecule has 22 heavy (non-hydrogen) atoms. The van der Waals surface area contributed by atoms with Crippen molar-refractivity contribution in [1.82, 2.24) is 5.32 Å². The average molecular weight is 303 g/mol. The van der Waals surface area contributed by atoms with Crippen LogP contribution in [0.2, 0.25) is 0 Å². The minimum atomic E-state index is -1.14. The van der Waals surface area contributed by atoms with Gasteiger partial charge < -0.3 is 15.2 Å². The molecule has 4 nitrogen and oxygen atoms in total. The molecule has 0 spiro atoms. The van der Waals surface area contributed by atoms with Gasteiger partial charge in [-0.1, -0.05) is 12.1 Å². The fourth-order valence-corrected chi connectivity index (χ4v) is 3.38. The molecule has 1 aromatic carbocycles. The Kier molecular flexibility index (Phi) is 4.39. The van der Waals surface area contributed by atoms with E-state index in [1.807, 2.05) is 18.2 Å². The number of amides is 1. The molecule has 1 aromatic rings. The number of carbonyl (C=O) groups is 1. The second kappa shape index (κ2) is 6.29. The first-order valence-electron chi connectivity index (χ1n) is 8.27. The van der Waals surface area contributed by atoms with E-state index in [-0.39, 0.29) is 11.9 Å². The summed E-state index contributed by atoms with van der Waals surface area (Å²) in [4.78, 5) is 12.4. The van der Waals surface area contributed by atoms with Gasteiger partial charge in [-0.15, -0.1) is 0 Å². The molecule has 0 radical (unpaired) electrons. The predicted octanol–water partition coefficient (Wildman–Crippen LogP) is 2.44. The molecule has 2 aliphatic carbocycles. The van der Waals surface area contributed by atoms with E-state index in [0.29, 0.717) is 18.8 Å². The number of carbonyl (C=O) groups excluding carboxylic acids is 1. The molecular formula is C18H25NO3. The fraction of sp³-hybridized carbons (Fsp3) is 0.611. The van der Waals surface area contributed by atoms with Crippen molar-refractivity contribution in [3.05, 3.63) is 29.8 Å². The lowest BCUT2D eigenvalue weighted by atomic mass is 9.97. The van der Waals surface area contributed by atoms with Gasteiger partial charge in [0.15, 0.2) is 0 Å². The Morgan fingerprint density at radius 2 is 2.14 bits per heavy atom. The number of aliphatic hydroxyl groups is 1. The van der Waals surface area contributed by atoms with E-state index in [4.69, 9.17) is 4.74 Å². The first-order chi connectivity index (χ1) is 10.6. The van der Waals surface area contributed by atoms with Crippen molar-refractivity contribution >= 4 is 5.91 Å². The van der Waals surface area contributed by atoms with Gasteiger partial charge >= 0.3 is 0 Å². The summed E-state index contributed by atoms with van der Waals surface area (Å²) < 4.78 is 5.26. The van der Waals surface area contributed by atoms with E-state index in [1.54, 1.807) is 7.11 Å². The summed E-state index contributed by atoms with van der Waals surface area (Å²) in [5.74, 6) is 1.21. The summed E-state index contributed by atoms with van der Waals surface area (Å²) in [6.07, 6.45) is 6.18. The lowest BCUT2D eigenvalue weighted by Gasteiger charge is -2.26. The summed E-state index contributed by atoms with van der Waals surface area (Å²) in [7, 11) is 1.66. The van der Waals surface area contributed by atoms with Crippen molar-refractivity contribution in [1.29, 1.82) is 0 Å². The molecule has 2 fully saturated rings. The Labute approximate surface area is 131 Å². The van der Waals surface area contributed by atoms with Crippen LogP contribution in [-0.4, -0.2) is 29.8 Å². The summed E-state index contributed by atoms with van der Waals surface area (Å²) in [5.41, 5.74) is 0.0246. The maximum absolute atomic E-state index is 12.4. The van der Waals surface area contributed by atoms with Gasteiger partial charge in [0, 0.05) is 6.04 Å². The first-order valence-corrected chi connectivity index (χ1v) is 8.27. The summed E-state index contributed by atoms with van der Waals surface area (Å²) in [6, 6.07) is 8.10. The van der Waals surface area contributed by atoms with Crippen molar-refractivity contribution < 1.29 is 14.6 Å². The molecule has 0 aliphatic heterocycles. The van der Waals surface area contributed by atoms with Gasteiger partial charge in [-0.05, 0) is 68.6 Å². The molecule has 2 aliphatic rings. The van der Waals surface area contributed by atoms with Crippen molar-refractivity contribution in [3.8, 4) is 5.75 Å². The highest BCUT2D eigenvalue weighted by atomic mass is 16.5. The van der Waals surface area contributed by atoms with Crippen LogP contribution in [0.4, 0.5) is 0 Å². The summed E-state index contributed by atoms with van der Waals surface area (Å²) in [5, 5.41) is 13.5. The molecule has 0 saturated heterocycles. The SMILES string of the molecule is COc1cccc(CC(NC(=O)C2(O)CCCC2)C2CC2)c1. The van der Waals surface area contributed by atoms with Gasteiger partial charge in [-0.3, -0.25) is 4.79 Å². The number of methoxy groups -OCH3 is 1. The number of hydrogen-bond donors (Lipinski definition) is 2. The zero-order valence-electron chi connectivity index (χ0n) is 13.2. The molecule has 2 N–H and O–H groups in total. The van der Waals surface area contributed by atoms with Crippen LogP contribution in [0.1, 0.15) is 44.1 Å². The minimum absolute atomic E-state index is 0.115. The number of rotatable bonds is 6. The molecule has 0 bridgehead atoms. The van der Waals surface area contributed by atoms with Crippen LogP contribution in [0.15, 0.2) is 24.3 Å². The van der Waals surface area contributed by atoms with E-state index >= 15 is 0 Å². The van der Waals surface area contributed by atoms with Gasteiger partial charge in [0.1, 0.15) is 11.4 Å². The maximum atomic E-state index is 12.4. The zero-order chi connectivity index (χ0) is 15.6. The quantitative estimate of drug-likeness (QED) is 0.848. The molecule has 3 rings (SSSR count). The average Bonchev–Trinajstić information content (AvgIpc) is 3.28. The first kappa shape index (κ1) is 15.3. The van der Waals surface area contributed by atoms with Crippen LogP contribution in [0, 0.1) is 5.92 Å². The van der Waals surface area contributed by atoms with Crippen LogP contribution in [0.25, 0.3) is 0 Å². The predicted molar refractivity (Wildman–Crippen MR) is 84.8 cm³/mol. The molecule has 0 heterocycles. The Hall–Kier alpha value is -1.55. The molecule has 2 saturated carbocycles. The van der Waals surface area contributed by atoms with E-state index in [9.17, 15) is 9.90 Å². The Bertz CT molecular complexity index is 533. The number of benzene rings is 1. The third-order valence-corrected chi connectivity index (χ3v) is 4.95. The van der Waals surface area contributed by atoms with Gasteiger partial charge in [0.05, 0.1) is 7.11 Å². The van der Waals surface area contributed by atoms with E-state index in [0.717, 1.165) is 43.4 Å². The van der Waals surface area contributed by atoms with Gasteiger partial charge in [0.25, 0.3) is 5.91 Å². The molecule has 1 atom stereocenters. The largest absolute Gasteiger partial charge is 0.497 e. The third-order valence-electron chi connectivity index (χ3n) is 4.95. The molecule has 120 valence electrons. The maximum Gasteiger partial charge on any atom is 0.252 e. The van der Waals surface area contributed by atoms with Gasteiger partial charge in [0.2, 0.25) is 0 Å². The van der Waals surface area contributed by atoms with Crippen LogP contribution >= 0.6 is 0 Å². The topological polar surface area (TPSA) is 58.6 Å². The van der Waals surface area contributed by atoms with Crippen LogP contribution < -0.4 is 10.1 Å². The van der Waals surface area contributed by atoms with Crippen molar-refractivity contribution in [2.45, 2.75) is 56.6 Å². The number of hydrogen-bond acceptors (Lipinski definition) is 3. The van der Waals surface area contributed by atoms with Crippen LogP contribution in [0.3, 0.4) is 0 Å². The molecule has 1 amide bonds. The monoisotopic (exact) mass is 303 g/mol. The van der Waals surface area contributed by atoms with Crippen molar-refractivity contribution in [2.75, 3.05) is 7.11 Å². The lowest BCUT2D eigenvalue weighted by molar-refractivity contribution is -0.140. The van der Waals surface area contributed by atoms with E-state index in [2.05, 4.69) is 11.4 Å².